The molecular weight excluding hydrogens is 360 g/mol. The first kappa shape index (κ1) is 19.8. The van der Waals surface area contributed by atoms with Crippen molar-refractivity contribution >= 4 is 27.5 Å². The summed E-state index contributed by atoms with van der Waals surface area (Å²) in [4.78, 5) is 14.5. The number of likely N-dealkylation sites (tertiary alicyclic amines) is 1. The predicted octanol–water partition coefficient (Wildman–Crippen LogP) is 3.33. The zero-order valence-electron chi connectivity index (χ0n) is 14.6. The van der Waals surface area contributed by atoms with Crippen LogP contribution < -0.4 is 5.32 Å². The average molecular weight is 385 g/mol. The van der Waals surface area contributed by atoms with Crippen molar-refractivity contribution in [1.29, 1.82) is 0 Å². The van der Waals surface area contributed by atoms with Crippen molar-refractivity contribution < 1.29 is 13.2 Å². The number of hydrogen-bond donors (Lipinski definition) is 1. The maximum Gasteiger partial charge on any atom is 0.318 e. The van der Waals surface area contributed by atoms with Crippen molar-refractivity contribution in [2.45, 2.75) is 31.8 Å². The van der Waals surface area contributed by atoms with Crippen LogP contribution in [0.25, 0.3) is 0 Å². The molecule has 1 aromatic carbocycles. The lowest BCUT2D eigenvalue weighted by Gasteiger charge is -2.39. The Balaban J connectivity index is 2.11. The van der Waals surface area contributed by atoms with Gasteiger partial charge in [0, 0.05) is 30.1 Å². The van der Waals surface area contributed by atoms with Gasteiger partial charge in [0.25, 0.3) is 0 Å². The summed E-state index contributed by atoms with van der Waals surface area (Å²) in [7, 11) is -3.20. The van der Waals surface area contributed by atoms with Crippen molar-refractivity contribution in [3.63, 3.8) is 0 Å². The first-order chi connectivity index (χ1) is 11.8. The third-order valence-electron chi connectivity index (χ3n) is 4.34. The molecule has 2 rings (SSSR count). The van der Waals surface area contributed by atoms with Gasteiger partial charge in [-0.05, 0) is 31.2 Å². The van der Waals surface area contributed by atoms with Crippen molar-refractivity contribution in [3.8, 4) is 0 Å². The fourth-order valence-corrected chi connectivity index (χ4v) is 3.80. The highest BCUT2D eigenvalue weighted by molar-refractivity contribution is 7.93. The highest BCUT2D eigenvalue weighted by Crippen LogP contribution is 2.34. The Morgan fingerprint density at radius 1 is 1.40 bits per heavy atom. The molecule has 25 heavy (non-hydrogen) atoms. The largest absolute Gasteiger partial charge is 0.332 e. The molecular formula is C18H25ClN2O3S. The van der Waals surface area contributed by atoms with Crippen LogP contribution in [0.2, 0.25) is 0 Å². The van der Waals surface area contributed by atoms with Gasteiger partial charge in [0.2, 0.25) is 0 Å². The monoisotopic (exact) mass is 384 g/mol. The van der Waals surface area contributed by atoms with Crippen LogP contribution >= 0.6 is 11.6 Å². The maximum absolute atomic E-state index is 12.7. The molecule has 0 unspecified atom stereocenters. The number of alkyl halides is 1. The van der Waals surface area contributed by atoms with E-state index in [2.05, 4.69) is 5.32 Å². The number of benzene rings is 1. The molecule has 0 radical (unpaired) electrons. The molecule has 1 saturated heterocycles. The van der Waals surface area contributed by atoms with Gasteiger partial charge >= 0.3 is 6.03 Å². The fourth-order valence-electron chi connectivity index (χ4n) is 3.00. The number of halogens is 1. The quantitative estimate of drug-likeness (QED) is 0.792. The van der Waals surface area contributed by atoms with E-state index < -0.39 is 9.84 Å². The summed E-state index contributed by atoms with van der Waals surface area (Å²) in [6.07, 6.45) is 4.30. The molecule has 138 valence electrons. The zero-order chi connectivity index (χ0) is 18.4. The van der Waals surface area contributed by atoms with Crippen LogP contribution in [0.4, 0.5) is 4.79 Å². The molecule has 1 aliphatic heterocycles. The van der Waals surface area contributed by atoms with E-state index in [1.54, 1.807) is 6.92 Å². The van der Waals surface area contributed by atoms with Crippen LogP contribution in [0.1, 0.15) is 31.4 Å². The molecule has 1 N–H and O–H groups in total. The molecule has 7 heteroatoms. The highest BCUT2D eigenvalue weighted by atomic mass is 35.5. The first-order valence-electron chi connectivity index (χ1n) is 8.36. The Bertz CT molecular complexity index is 706. The molecule has 0 bridgehead atoms. The van der Waals surface area contributed by atoms with E-state index in [1.807, 2.05) is 35.2 Å². The van der Waals surface area contributed by atoms with Gasteiger partial charge in [-0.1, -0.05) is 36.4 Å². The van der Waals surface area contributed by atoms with E-state index >= 15 is 0 Å². The number of carbonyl (C=O) groups is 1. The van der Waals surface area contributed by atoms with Gasteiger partial charge in [0.15, 0.2) is 9.84 Å². The number of nitrogens with zero attached hydrogens (tertiary/aromatic N) is 1. The fraction of sp³-hybridized carbons (Fsp3) is 0.500. The number of urea groups is 1. The van der Waals surface area contributed by atoms with E-state index in [4.69, 9.17) is 11.6 Å². The minimum atomic E-state index is -3.20. The SMILES string of the molecule is C[C@@H](/C=C/S(C)(=O)=O)NC(=O)N1CC[C@H](CCl)C[C@@H]1c1ccccc1. The van der Waals surface area contributed by atoms with Gasteiger partial charge in [-0.2, -0.15) is 0 Å². The average Bonchev–Trinajstić information content (AvgIpc) is 2.59. The topological polar surface area (TPSA) is 66.5 Å². The first-order valence-corrected chi connectivity index (χ1v) is 10.9. The second-order valence-electron chi connectivity index (χ2n) is 6.56. The van der Waals surface area contributed by atoms with Crippen molar-refractivity contribution in [2.24, 2.45) is 5.92 Å². The second-order valence-corrected chi connectivity index (χ2v) is 8.80. The van der Waals surface area contributed by atoms with Crippen LogP contribution in [0.5, 0.6) is 0 Å². The predicted molar refractivity (Wildman–Crippen MR) is 101 cm³/mol. The van der Waals surface area contributed by atoms with Crippen molar-refractivity contribution in [3.05, 3.63) is 47.4 Å². The summed E-state index contributed by atoms with van der Waals surface area (Å²) in [5, 5.41) is 3.97. The van der Waals surface area contributed by atoms with Crippen LogP contribution in [0.3, 0.4) is 0 Å². The minimum Gasteiger partial charge on any atom is -0.332 e. The number of amides is 2. The molecule has 0 aromatic heterocycles. The number of rotatable bonds is 5. The summed E-state index contributed by atoms with van der Waals surface area (Å²) in [6, 6.07) is 9.35. The molecule has 0 saturated carbocycles. The Morgan fingerprint density at radius 3 is 2.68 bits per heavy atom. The van der Waals surface area contributed by atoms with Crippen LogP contribution in [-0.2, 0) is 9.84 Å². The molecule has 5 nitrogen and oxygen atoms in total. The Hall–Kier alpha value is -1.53. The van der Waals surface area contributed by atoms with E-state index in [9.17, 15) is 13.2 Å². The lowest BCUT2D eigenvalue weighted by molar-refractivity contribution is 0.131. The van der Waals surface area contributed by atoms with Gasteiger partial charge in [-0.3, -0.25) is 0 Å². The number of hydrogen-bond acceptors (Lipinski definition) is 3. The molecule has 1 heterocycles. The van der Waals surface area contributed by atoms with Gasteiger partial charge < -0.3 is 10.2 Å². The number of piperidine rings is 1. The van der Waals surface area contributed by atoms with E-state index in [-0.39, 0.29) is 18.1 Å². The van der Waals surface area contributed by atoms with Gasteiger partial charge in [-0.25, -0.2) is 13.2 Å². The molecule has 0 spiro atoms. The zero-order valence-corrected chi connectivity index (χ0v) is 16.1. The van der Waals surface area contributed by atoms with Crippen LogP contribution in [0, 0.1) is 5.92 Å². The maximum atomic E-state index is 12.7. The van der Waals surface area contributed by atoms with Gasteiger partial charge in [0.1, 0.15) is 0 Å². The molecule has 3 atom stereocenters. The summed E-state index contributed by atoms with van der Waals surface area (Å²) < 4.78 is 22.4. The lowest BCUT2D eigenvalue weighted by Crippen LogP contribution is -2.48. The molecule has 1 aliphatic rings. The normalized spacial score (nSPS) is 22.8. The third kappa shape index (κ3) is 6.04. The Kier molecular flexibility index (Phi) is 6.90. The highest BCUT2D eigenvalue weighted by Gasteiger charge is 2.32. The molecule has 1 fully saturated rings. The van der Waals surface area contributed by atoms with Crippen LogP contribution in [0.15, 0.2) is 41.8 Å². The van der Waals surface area contributed by atoms with Gasteiger partial charge in [-0.15, -0.1) is 11.6 Å². The molecule has 0 aliphatic carbocycles. The summed E-state index contributed by atoms with van der Waals surface area (Å²) in [6.45, 7) is 2.38. The van der Waals surface area contributed by atoms with E-state index in [0.29, 0.717) is 18.3 Å². The summed E-state index contributed by atoms with van der Waals surface area (Å²) in [5.74, 6) is 0.977. The second kappa shape index (κ2) is 8.72. The standard InChI is InChI=1S/C18H25ClN2O3S/c1-14(9-11-25(2,23)24)20-18(22)21-10-8-15(13-19)12-17(21)16-6-4-3-5-7-16/h3-7,9,11,14-15,17H,8,10,12-13H2,1-2H3,(H,20,22)/b11-9+/t14-,15-,17+/m0/s1. The third-order valence-corrected chi connectivity index (χ3v) is 5.43. The Morgan fingerprint density at radius 2 is 2.08 bits per heavy atom. The summed E-state index contributed by atoms with van der Waals surface area (Å²) in [5.41, 5.74) is 1.09. The van der Waals surface area contributed by atoms with Gasteiger partial charge in [0.05, 0.1) is 6.04 Å². The Labute approximate surface area is 155 Å². The summed E-state index contributed by atoms with van der Waals surface area (Å²) >= 11 is 6.04. The molecule has 1 aromatic rings. The lowest BCUT2D eigenvalue weighted by atomic mass is 9.88. The number of sulfone groups is 1. The van der Waals surface area contributed by atoms with Crippen molar-refractivity contribution in [1.82, 2.24) is 10.2 Å². The minimum absolute atomic E-state index is 0.0233. The van der Waals surface area contributed by atoms with E-state index in [1.165, 1.54) is 6.08 Å². The molecule has 2 amide bonds. The number of carbonyl (C=O) groups excluding carboxylic acids is 1. The van der Waals surface area contributed by atoms with Crippen molar-refractivity contribution in [2.75, 3.05) is 18.7 Å². The number of nitrogens with one attached hydrogen (secondary N) is 1. The van der Waals surface area contributed by atoms with Crippen LogP contribution in [-0.4, -0.2) is 44.1 Å². The van der Waals surface area contributed by atoms with E-state index in [0.717, 1.165) is 30.1 Å². The smallest absolute Gasteiger partial charge is 0.318 e.